The molecule has 3 aliphatic heterocycles. The predicted molar refractivity (Wildman–Crippen MR) is 136 cm³/mol. The van der Waals surface area contributed by atoms with Gasteiger partial charge < -0.3 is 15.4 Å². The number of carbonyl (C=O) groups excluding carboxylic acids is 2. The lowest BCUT2D eigenvalue weighted by atomic mass is 9.99. The maximum Gasteiger partial charge on any atom is 0.326 e. The van der Waals surface area contributed by atoms with E-state index < -0.39 is 11.9 Å². The van der Waals surface area contributed by atoms with Crippen LogP contribution in [0.3, 0.4) is 0 Å². The van der Waals surface area contributed by atoms with Crippen LogP contribution in [-0.2, 0) is 16.1 Å². The maximum atomic E-state index is 12.1. The van der Waals surface area contributed by atoms with E-state index in [-0.39, 0.29) is 5.70 Å². The first-order chi connectivity index (χ1) is 17.6. The monoisotopic (exact) mass is 489 g/mol. The molecule has 10 heteroatoms. The Hall–Kier alpha value is -3.50. The summed E-state index contributed by atoms with van der Waals surface area (Å²) in [6.45, 7) is 5.04. The molecule has 6 rings (SSSR count). The summed E-state index contributed by atoms with van der Waals surface area (Å²) in [7, 11) is 0. The van der Waals surface area contributed by atoms with Crippen molar-refractivity contribution in [2.75, 3.05) is 32.8 Å². The molecule has 1 atom stereocenters. The van der Waals surface area contributed by atoms with Crippen LogP contribution in [-0.4, -0.2) is 71.2 Å². The van der Waals surface area contributed by atoms with Gasteiger partial charge in [-0.15, -0.1) is 0 Å². The molecule has 1 aromatic rings. The lowest BCUT2D eigenvalue weighted by Gasteiger charge is -2.29. The normalized spacial score (nSPS) is 25.8. The van der Waals surface area contributed by atoms with Crippen molar-refractivity contribution >= 4 is 29.5 Å². The van der Waals surface area contributed by atoms with E-state index in [4.69, 9.17) is 9.73 Å². The number of ether oxygens (including phenoxy) is 1. The van der Waals surface area contributed by atoms with Crippen LogP contribution in [0.25, 0.3) is 11.9 Å². The molecule has 0 radical (unpaired) electrons. The van der Waals surface area contributed by atoms with E-state index in [2.05, 4.69) is 50.3 Å². The second kappa shape index (κ2) is 9.87. The Kier molecular flexibility index (Phi) is 6.28. The predicted octanol–water partition coefficient (Wildman–Crippen LogP) is 1.79. The van der Waals surface area contributed by atoms with Crippen molar-refractivity contribution in [1.82, 2.24) is 30.6 Å². The number of hydrogen-bond donors (Lipinski definition) is 3. The number of nitrogens with zero attached hydrogens (tertiary/aromatic N) is 4. The largest absolute Gasteiger partial charge is 0.379 e. The molecule has 1 saturated carbocycles. The van der Waals surface area contributed by atoms with Crippen molar-refractivity contribution in [3.05, 3.63) is 53.0 Å². The fraction of sp³-hybridized carbons (Fsp3) is 0.462. The molecule has 3 fully saturated rings. The van der Waals surface area contributed by atoms with Gasteiger partial charge in [-0.05, 0) is 43.3 Å². The number of aliphatic imine (C=N–C) groups is 1. The number of hydrogen-bond acceptors (Lipinski definition) is 7. The Morgan fingerprint density at radius 1 is 1.17 bits per heavy atom. The van der Waals surface area contributed by atoms with E-state index in [0.717, 1.165) is 86.9 Å². The van der Waals surface area contributed by atoms with Crippen LogP contribution in [0.2, 0.25) is 0 Å². The molecule has 3 N–H and O–H groups in total. The Morgan fingerprint density at radius 3 is 2.81 bits per heavy atom. The summed E-state index contributed by atoms with van der Waals surface area (Å²) in [6.07, 6.45) is 16.7. The lowest BCUT2D eigenvalue weighted by molar-refractivity contribution is -0.115. The zero-order valence-corrected chi connectivity index (χ0v) is 20.2. The number of imide groups is 1. The number of carbonyl (C=O) groups is 2. The van der Waals surface area contributed by atoms with Crippen molar-refractivity contribution < 1.29 is 14.3 Å². The van der Waals surface area contributed by atoms with E-state index in [1.165, 1.54) is 0 Å². The molecular weight excluding hydrogens is 458 g/mol. The Bertz CT molecular complexity index is 1210. The molecule has 36 heavy (non-hydrogen) atoms. The minimum Gasteiger partial charge on any atom is -0.379 e. The lowest BCUT2D eigenvalue weighted by Crippen LogP contribution is -2.39. The molecule has 5 aliphatic rings. The van der Waals surface area contributed by atoms with Gasteiger partial charge in [0.1, 0.15) is 11.5 Å². The first-order valence-corrected chi connectivity index (χ1v) is 12.8. The third-order valence-electron chi connectivity index (χ3n) is 7.06. The molecular formula is C26H31N7O3. The van der Waals surface area contributed by atoms with Gasteiger partial charge >= 0.3 is 6.03 Å². The zero-order valence-electron chi connectivity index (χ0n) is 20.2. The van der Waals surface area contributed by atoms with Gasteiger partial charge in [0.2, 0.25) is 0 Å². The SMILES string of the molecule is O=C1NC(=O)/C(=C/c2cnn3c2CN=C(C2=CC(CN4CCOCC4)CCC=C2)C=C3NC2CC2)N1. The molecule has 1 aromatic heterocycles. The summed E-state index contributed by atoms with van der Waals surface area (Å²) in [4.78, 5) is 31.1. The summed E-state index contributed by atoms with van der Waals surface area (Å²) in [6, 6.07) is -0.0819. The number of fused-ring (bicyclic) bond motifs is 1. The number of rotatable bonds is 6. The highest BCUT2D eigenvalue weighted by atomic mass is 16.5. The number of nitrogens with one attached hydrogen (secondary N) is 3. The molecule has 10 nitrogen and oxygen atoms in total. The van der Waals surface area contributed by atoms with Gasteiger partial charge in [-0.2, -0.15) is 5.10 Å². The van der Waals surface area contributed by atoms with Crippen molar-refractivity contribution in [3.8, 4) is 0 Å². The molecule has 0 aromatic carbocycles. The molecule has 188 valence electrons. The van der Waals surface area contributed by atoms with Crippen LogP contribution in [0.15, 0.2) is 46.8 Å². The molecule has 1 unspecified atom stereocenters. The first kappa shape index (κ1) is 22.9. The van der Waals surface area contributed by atoms with Gasteiger partial charge in [0.25, 0.3) is 5.91 Å². The quantitative estimate of drug-likeness (QED) is 0.415. The van der Waals surface area contributed by atoms with Crippen LogP contribution >= 0.6 is 0 Å². The fourth-order valence-corrected chi connectivity index (χ4v) is 4.96. The molecule has 2 aliphatic carbocycles. The second-order valence-corrected chi connectivity index (χ2v) is 9.85. The third kappa shape index (κ3) is 5.05. The summed E-state index contributed by atoms with van der Waals surface area (Å²) in [5, 5.41) is 13.0. The Labute approximate surface area is 209 Å². The highest BCUT2D eigenvalue weighted by Crippen LogP contribution is 2.27. The van der Waals surface area contributed by atoms with E-state index in [0.29, 0.717) is 18.5 Å². The summed E-state index contributed by atoms with van der Waals surface area (Å²) in [5.41, 5.74) is 3.90. The van der Waals surface area contributed by atoms with Gasteiger partial charge in [-0.1, -0.05) is 18.2 Å². The fourth-order valence-electron chi connectivity index (χ4n) is 4.96. The summed E-state index contributed by atoms with van der Waals surface area (Å²) in [5.74, 6) is 0.899. The van der Waals surface area contributed by atoms with Gasteiger partial charge in [-0.25, -0.2) is 9.48 Å². The minimum atomic E-state index is -0.514. The summed E-state index contributed by atoms with van der Waals surface area (Å²) >= 11 is 0. The second-order valence-electron chi connectivity index (χ2n) is 9.85. The highest BCUT2D eigenvalue weighted by molar-refractivity contribution is 6.14. The first-order valence-electron chi connectivity index (χ1n) is 12.8. The molecule has 2 saturated heterocycles. The average molecular weight is 490 g/mol. The van der Waals surface area contributed by atoms with Crippen LogP contribution in [0, 0.1) is 5.92 Å². The number of urea groups is 1. The van der Waals surface area contributed by atoms with Crippen LogP contribution in [0.1, 0.15) is 36.9 Å². The molecule has 0 bridgehead atoms. The smallest absolute Gasteiger partial charge is 0.326 e. The molecule has 0 spiro atoms. The van der Waals surface area contributed by atoms with Crippen LogP contribution < -0.4 is 16.0 Å². The van der Waals surface area contributed by atoms with Gasteiger partial charge in [0.05, 0.1) is 37.4 Å². The van der Waals surface area contributed by atoms with E-state index >= 15 is 0 Å². The third-order valence-corrected chi connectivity index (χ3v) is 7.06. The Morgan fingerprint density at radius 2 is 2.03 bits per heavy atom. The zero-order chi connectivity index (χ0) is 24.5. The minimum absolute atomic E-state index is 0.213. The van der Waals surface area contributed by atoms with Crippen molar-refractivity contribution in [3.63, 3.8) is 0 Å². The van der Waals surface area contributed by atoms with Crippen molar-refractivity contribution in [2.24, 2.45) is 10.9 Å². The van der Waals surface area contributed by atoms with Crippen molar-refractivity contribution in [1.29, 1.82) is 0 Å². The number of morpholine rings is 1. The molecule has 4 heterocycles. The van der Waals surface area contributed by atoms with Crippen LogP contribution in [0.4, 0.5) is 4.79 Å². The van der Waals surface area contributed by atoms with Gasteiger partial charge in [-0.3, -0.25) is 20.0 Å². The van der Waals surface area contributed by atoms with Crippen LogP contribution in [0.5, 0.6) is 0 Å². The summed E-state index contributed by atoms with van der Waals surface area (Å²) < 4.78 is 7.40. The standard InChI is InChI=1S/C26H31N7O3/c34-25-22(30-26(35)31-25)12-19-14-28-33-23(19)15-27-21(13-24(33)29-20-5-6-20)18-4-2-1-3-17(11-18)16-32-7-9-36-10-8-32/h2,4,11-14,17,20,29H,1,3,5-10,15-16H2,(H2,30,31,34,35)/b22-12-. The maximum absolute atomic E-state index is 12.1. The average Bonchev–Trinajstić information content (AvgIpc) is 3.61. The van der Waals surface area contributed by atoms with Gasteiger partial charge in [0, 0.05) is 37.3 Å². The van der Waals surface area contributed by atoms with E-state index in [9.17, 15) is 9.59 Å². The number of aromatic nitrogens is 2. The highest BCUT2D eigenvalue weighted by Gasteiger charge is 2.28. The molecule has 3 amide bonds. The van der Waals surface area contributed by atoms with Gasteiger partial charge in [0.15, 0.2) is 0 Å². The Balaban J connectivity index is 1.30. The topological polar surface area (TPSA) is 113 Å². The number of amides is 3. The number of allylic oxidation sites excluding steroid dienone is 4. The van der Waals surface area contributed by atoms with E-state index in [1.54, 1.807) is 12.3 Å². The van der Waals surface area contributed by atoms with Crippen molar-refractivity contribution in [2.45, 2.75) is 38.3 Å². The van der Waals surface area contributed by atoms with E-state index in [1.807, 2.05) is 4.68 Å².